The van der Waals surface area contributed by atoms with Gasteiger partial charge in [0.1, 0.15) is 0 Å². The SMILES string of the molecule is C[Si]1(C)[Se][Si]2(c3ccccc3)[Se][Si](C)(C)[Si]1(C)[Si](C)(C)[Se]2. The van der Waals surface area contributed by atoms with Gasteiger partial charge in [0.05, 0.1) is 0 Å². The molecule has 1 aromatic rings. The minimum atomic E-state index is -1.01. The van der Waals surface area contributed by atoms with E-state index in [1.54, 1.807) is 0 Å². The third kappa shape index (κ3) is 2.33. The normalized spacial score (nSPS) is 39.2. The van der Waals surface area contributed by atoms with Crippen molar-refractivity contribution in [1.29, 1.82) is 0 Å². The van der Waals surface area contributed by atoms with Gasteiger partial charge in [-0.1, -0.05) is 0 Å². The van der Waals surface area contributed by atoms with E-state index in [0.29, 0.717) is 0 Å². The van der Waals surface area contributed by atoms with Crippen molar-refractivity contribution in [3.8, 4) is 0 Å². The first-order chi connectivity index (χ1) is 9.48. The molecule has 0 radical (unpaired) electrons. The fourth-order valence-corrected chi connectivity index (χ4v) is 553. The molecule has 1 aromatic carbocycles. The van der Waals surface area contributed by atoms with E-state index in [9.17, 15) is 0 Å². The Labute approximate surface area is 150 Å². The fourth-order valence-electron chi connectivity index (χ4n) is 4.37. The molecule has 3 aliphatic heterocycles. The van der Waals surface area contributed by atoms with Crippen LogP contribution in [0.2, 0.25) is 45.8 Å². The van der Waals surface area contributed by atoms with Crippen molar-refractivity contribution in [3.63, 3.8) is 0 Å². The molecule has 0 aliphatic carbocycles. The molecule has 0 spiro atoms. The average Bonchev–Trinajstić information content (AvgIpc) is 2.33. The predicted molar refractivity (Wildman–Crippen MR) is 113 cm³/mol. The summed E-state index contributed by atoms with van der Waals surface area (Å²) in [7, 11) is 0. The van der Waals surface area contributed by atoms with Crippen LogP contribution < -0.4 is 5.19 Å². The van der Waals surface area contributed by atoms with Crippen LogP contribution in [0.1, 0.15) is 0 Å². The molecule has 0 unspecified atom stereocenters. The molecule has 3 aliphatic rings. The van der Waals surface area contributed by atoms with Gasteiger partial charge in [0.15, 0.2) is 0 Å². The quantitative estimate of drug-likeness (QED) is 0.462. The van der Waals surface area contributed by atoms with Gasteiger partial charge in [0, 0.05) is 0 Å². The van der Waals surface area contributed by atoms with Crippen molar-refractivity contribution in [2.45, 2.75) is 45.8 Å². The molecular weight excluding hydrogens is 533 g/mol. The van der Waals surface area contributed by atoms with Crippen molar-refractivity contribution < 1.29 is 0 Å². The molecule has 0 saturated carbocycles. The van der Waals surface area contributed by atoms with Crippen molar-refractivity contribution in [1.82, 2.24) is 0 Å². The first-order valence-electron chi connectivity index (χ1n) is 7.64. The summed E-state index contributed by atoms with van der Waals surface area (Å²) in [5.41, 5.74) is 0. The maximum absolute atomic E-state index is 2.96. The van der Waals surface area contributed by atoms with E-state index in [2.05, 4.69) is 76.2 Å². The van der Waals surface area contributed by atoms with Gasteiger partial charge >= 0.3 is 151 Å². The van der Waals surface area contributed by atoms with Crippen LogP contribution in [-0.2, 0) is 0 Å². The molecule has 0 atom stereocenters. The van der Waals surface area contributed by atoms with E-state index in [4.69, 9.17) is 0 Å². The molecule has 0 N–H and O–H groups in total. The van der Waals surface area contributed by atoms with E-state index in [0.717, 1.165) is 41.0 Å². The number of rotatable bonds is 1. The van der Waals surface area contributed by atoms with Crippen LogP contribution in [0.5, 0.6) is 0 Å². The second kappa shape index (κ2) is 5.18. The van der Waals surface area contributed by atoms with E-state index >= 15 is 0 Å². The number of hydrogen-bond acceptors (Lipinski definition) is 0. The summed E-state index contributed by atoms with van der Waals surface area (Å²) < 4.78 is -1.01. The molecular formula is C13H26Se3Si5. The van der Waals surface area contributed by atoms with Crippen LogP contribution in [0.15, 0.2) is 30.3 Å². The van der Waals surface area contributed by atoms with Gasteiger partial charge < -0.3 is 0 Å². The number of hydrogen-bond donors (Lipinski definition) is 0. The van der Waals surface area contributed by atoms with Gasteiger partial charge in [-0.05, 0) is 0 Å². The molecule has 3 fully saturated rings. The Balaban J connectivity index is 2.23. The number of fused-ring (bicyclic) bond motifs is 3. The standard InChI is InChI=1S/C13H26Se3Si5/c1-17(2)14-21(13-11-9-8-10-12-13)15-18(3,4)20(17,7)19(5,6)16-21/h8-12H,1-7H3. The van der Waals surface area contributed by atoms with E-state index in [1.807, 2.05) is 5.19 Å². The third-order valence-corrected chi connectivity index (χ3v) is 236. The predicted octanol–water partition coefficient (Wildman–Crippen LogP) is 1.90. The van der Waals surface area contributed by atoms with Crippen LogP contribution in [0.4, 0.5) is 0 Å². The maximum atomic E-state index is 2.96. The first kappa shape index (κ1) is 17.7. The number of benzene rings is 1. The monoisotopic (exact) mass is 562 g/mol. The van der Waals surface area contributed by atoms with Crippen molar-refractivity contribution >= 4 is 75.3 Å². The fraction of sp³-hybridized carbons (Fsp3) is 0.538. The van der Waals surface area contributed by atoms with Crippen LogP contribution in [-0.4, -0.2) is 70.1 Å². The van der Waals surface area contributed by atoms with Crippen molar-refractivity contribution in [2.75, 3.05) is 0 Å². The van der Waals surface area contributed by atoms with Gasteiger partial charge in [0.25, 0.3) is 0 Å². The second-order valence-electron chi connectivity index (χ2n) is 7.88. The van der Waals surface area contributed by atoms with Crippen LogP contribution >= 0.6 is 0 Å². The van der Waals surface area contributed by atoms with Gasteiger partial charge in [-0.3, -0.25) is 0 Å². The Hall–Kier alpha value is 1.86. The first-order valence-corrected chi connectivity index (χ1v) is 39.0. The Kier molecular flexibility index (Phi) is 4.36. The van der Waals surface area contributed by atoms with Gasteiger partial charge in [-0.2, -0.15) is 0 Å². The van der Waals surface area contributed by atoms with Gasteiger partial charge in [-0.25, -0.2) is 0 Å². The Morgan fingerprint density at radius 1 is 0.619 bits per heavy atom. The minimum absolute atomic E-state index is 0.873. The summed E-state index contributed by atoms with van der Waals surface area (Å²) in [5.74, 6) is 0. The van der Waals surface area contributed by atoms with Crippen molar-refractivity contribution in [3.05, 3.63) is 30.3 Å². The molecule has 0 nitrogen and oxygen atoms in total. The topological polar surface area (TPSA) is 0 Å². The second-order valence-corrected chi connectivity index (χ2v) is 110. The van der Waals surface area contributed by atoms with E-state index < -0.39 is 29.1 Å². The molecule has 2 bridgehead atoms. The Morgan fingerprint density at radius 3 is 1.38 bits per heavy atom. The van der Waals surface area contributed by atoms with Crippen molar-refractivity contribution in [2.24, 2.45) is 0 Å². The van der Waals surface area contributed by atoms with E-state index in [-0.39, 0.29) is 0 Å². The van der Waals surface area contributed by atoms with E-state index in [1.165, 1.54) is 0 Å². The summed E-state index contributed by atoms with van der Waals surface area (Å²) in [5, 5.41) is 1.92. The van der Waals surface area contributed by atoms with Crippen LogP contribution in [0.25, 0.3) is 0 Å². The van der Waals surface area contributed by atoms with Crippen LogP contribution in [0.3, 0.4) is 0 Å². The zero-order valence-electron chi connectivity index (χ0n) is 14.1. The van der Waals surface area contributed by atoms with Gasteiger partial charge in [0.2, 0.25) is 0 Å². The van der Waals surface area contributed by atoms with Gasteiger partial charge in [-0.15, -0.1) is 0 Å². The Bertz CT molecular complexity index is 524. The summed E-state index contributed by atoms with van der Waals surface area (Å²) in [4.78, 5) is 0. The Morgan fingerprint density at radius 2 is 1.00 bits per heavy atom. The summed E-state index contributed by atoms with van der Waals surface area (Å²) in [6, 6.07) is 12.0. The molecule has 4 rings (SSSR count). The molecule has 3 heterocycles. The summed E-state index contributed by atoms with van der Waals surface area (Å²) >= 11 is 3.31. The molecule has 8 heteroatoms. The van der Waals surface area contributed by atoms with Crippen LogP contribution in [0, 0.1) is 0 Å². The molecule has 3 saturated heterocycles. The molecule has 0 amide bonds. The average molecular weight is 560 g/mol. The molecule has 21 heavy (non-hydrogen) atoms. The third-order valence-electron chi connectivity index (χ3n) is 5.91. The zero-order chi connectivity index (χ0) is 15.7. The zero-order valence-corrected chi connectivity index (χ0v) is 24.3. The molecule has 0 aromatic heterocycles. The molecule has 116 valence electrons. The summed E-state index contributed by atoms with van der Waals surface area (Å²) in [6.07, 6.45) is -2.71. The summed E-state index contributed by atoms with van der Waals surface area (Å²) in [6.45, 7) is 19.3.